The molecule has 1 aliphatic rings. The molecule has 1 saturated heterocycles. The van der Waals surface area contributed by atoms with Gasteiger partial charge >= 0.3 is 0 Å². The summed E-state index contributed by atoms with van der Waals surface area (Å²) in [5.41, 5.74) is 3.76. The molecule has 5 heteroatoms. The van der Waals surface area contributed by atoms with Gasteiger partial charge in [-0.2, -0.15) is 0 Å². The molecule has 31 heavy (non-hydrogen) atoms. The number of para-hydroxylation sites is 2. The number of ether oxygens (including phenoxy) is 2. The van der Waals surface area contributed by atoms with Crippen LogP contribution >= 0.6 is 0 Å². The maximum atomic E-state index is 5.57. The molecular formula is C26H35N3O2. The van der Waals surface area contributed by atoms with E-state index in [9.17, 15) is 0 Å². The molecule has 166 valence electrons. The number of fused-ring (bicyclic) bond motifs is 1. The lowest BCUT2D eigenvalue weighted by Gasteiger charge is -2.32. The number of likely N-dealkylation sites (tertiary alicyclic amines) is 1. The largest absolute Gasteiger partial charge is 0.497 e. The lowest BCUT2D eigenvalue weighted by molar-refractivity contribution is 0.141. The predicted octanol–water partition coefficient (Wildman–Crippen LogP) is 4.89. The van der Waals surface area contributed by atoms with E-state index >= 15 is 0 Å². The van der Waals surface area contributed by atoms with E-state index in [0.717, 1.165) is 63.5 Å². The first-order valence-corrected chi connectivity index (χ1v) is 11.7. The quantitative estimate of drug-likeness (QED) is 0.437. The Morgan fingerprint density at radius 2 is 1.77 bits per heavy atom. The van der Waals surface area contributed by atoms with Gasteiger partial charge in [-0.05, 0) is 75.5 Å². The number of methoxy groups -OCH3 is 1. The smallest absolute Gasteiger partial charge is 0.118 e. The first-order chi connectivity index (χ1) is 15.3. The minimum absolute atomic E-state index is 0.539. The third-order valence-corrected chi connectivity index (χ3v) is 6.39. The maximum absolute atomic E-state index is 5.57. The molecule has 0 unspecified atom stereocenters. The van der Waals surface area contributed by atoms with Crippen LogP contribution in [0.4, 0.5) is 0 Å². The number of imidazole rings is 1. The molecule has 1 aromatic heterocycles. The second-order valence-corrected chi connectivity index (χ2v) is 8.37. The van der Waals surface area contributed by atoms with Crippen LogP contribution in [0.5, 0.6) is 5.75 Å². The Morgan fingerprint density at radius 3 is 2.52 bits per heavy atom. The fourth-order valence-electron chi connectivity index (χ4n) is 4.60. The van der Waals surface area contributed by atoms with Crippen molar-refractivity contribution in [3.05, 3.63) is 59.9 Å². The zero-order valence-corrected chi connectivity index (χ0v) is 18.9. The molecule has 0 saturated carbocycles. The van der Waals surface area contributed by atoms with E-state index < -0.39 is 0 Å². The standard InChI is InChI=1S/C26H35N3O2/c1-3-31-20-6-16-29-25-8-5-4-7-24(25)27-26(29)22-14-18-28(19-15-22)17-13-21-9-11-23(30-2)12-10-21/h4-5,7-12,22H,3,6,13-20H2,1-2H3. The van der Waals surface area contributed by atoms with Crippen LogP contribution in [0.25, 0.3) is 11.0 Å². The van der Waals surface area contributed by atoms with Gasteiger partial charge in [0.25, 0.3) is 0 Å². The normalized spacial score (nSPS) is 15.5. The van der Waals surface area contributed by atoms with Crippen molar-refractivity contribution in [1.82, 2.24) is 14.5 Å². The van der Waals surface area contributed by atoms with Gasteiger partial charge < -0.3 is 18.9 Å². The first-order valence-electron chi connectivity index (χ1n) is 11.7. The molecule has 0 aliphatic carbocycles. The molecule has 2 heterocycles. The summed E-state index contributed by atoms with van der Waals surface area (Å²) in [4.78, 5) is 7.66. The van der Waals surface area contributed by atoms with E-state index in [1.165, 1.54) is 29.7 Å². The number of nitrogens with zero attached hydrogens (tertiary/aromatic N) is 3. The summed E-state index contributed by atoms with van der Waals surface area (Å²) in [5, 5.41) is 0. The Bertz CT molecular complexity index is 943. The Labute approximate surface area is 186 Å². The van der Waals surface area contributed by atoms with Gasteiger partial charge in [-0.15, -0.1) is 0 Å². The Hall–Kier alpha value is -2.37. The van der Waals surface area contributed by atoms with Gasteiger partial charge in [0, 0.05) is 32.2 Å². The Balaban J connectivity index is 1.36. The van der Waals surface area contributed by atoms with Crippen molar-refractivity contribution in [2.45, 2.75) is 45.1 Å². The number of aryl methyl sites for hydroxylation is 1. The average Bonchev–Trinajstić information content (AvgIpc) is 3.20. The van der Waals surface area contributed by atoms with Crippen LogP contribution in [0.3, 0.4) is 0 Å². The monoisotopic (exact) mass is 421 g/mol. The van der Waals surface area contributed by atoms with Gasteiger partial charge in [0.2, 0.25) is 0 Å². The number of hydrogen-bond donors (Lipinski definition) is 0. The van der Waals surface area contributed by atoms with E-state index in [0.29, 0.717) is 5.92 Å². The third kappa shape index (κ3) is 5.46. The van der Waals surface area contributed by atoms with Crippen LogP contribution in [-0.4, -0.2) is 54.4 Å². The third-order valence-electron chi connectivity index (χ3n) is 6.39. The summed E-state index contributed by atoms with van der Waals surface area (Å²) >= 11 is 0. The molecule has 0 radical (unpaired) electrons. The first kappa shape index (κ1) is 21.8. The maximum Gasteiger partial charge on any atom is 0.118 e. The molecule has 0 N–H and O–H groups in total. The molecule has 0 amide bonds. The lowest BCUT2D eigenvalue weighted by Crippen LogP contribution is -2.35. The zero-order valence-electron chi connectivity index (χ0n) is 18.9. The van der Waals surface area contributed by atoms with Gasteiger partial charge in [0.1, 0.15) is 11.6 Å². The van der Waals surface area contributed by atoms with Crippen LogP contribution in [0.2, 0.25) is 0 Å². The van der Waals surface area contributed by atoms with E-state index in [1.54, 1.807) is 7.11 Å². The number of benzene rings is 2. The predicted molar refractivity (Wildman–Crippen MR) is 126 cm³/mol. The molecule has 5 nitrogen and oxygen atoms in total. The average molecular weight is 422 g/mol. The highest BCUT2D eigenvalue weighted by Gasteiger charge is 2.25. The molecule has 3 aromatic rings. The molecular weight excluding hydrogens is 386 g/mol. The number of piperidine rings is 1. The lowest BCUT2D eigenvalue weighted by atomic mass is 9.95. The van der Waals surface area contributed by atoms with Crippen molar-refractivity contribution in [2.24, 2.45) is 0 Å². The summed E-state index contributed by atoms with van der Waals surface area (Å²) in [6.45, 7) is 8.03. The van der Waals surface area contributed by atoms with Crippen LogP contribution in [0, 0.1) is 0 Å². The molecule has 0 spiro atoms. The molecule has 1 aliphatic heterocycles. The van der Waals surface area contributed by atoms with Crippen molar-refractivity contribution in [1.29, 1.82) is 0 Å². The van der Waals surface area contributed by atoms with E-state index in [-0.39, 0.29) is 0 Å². The minimum Gasteiger partial charge on any atom is -0.497 e. The highest BCUT2D eigenvalue weighted by Crippen LogP contribution is 2.30. The zero-order chi connectivity index (χ0) is 21.5. The fourth-order valence-corrected chi connectivity index (χ4v) is 4.60. The van der Waals surface area contributed by atoms with Crippen molar-refractivity contribution in [3.63, 3.8) is 0 Å². The molecule has 0 atom stereocenters. The van der Waals surface area contributed by atoms with Crippen LogP contribution in [-0.2, 0) is 17.7 Å². The van der Waals surface area contributed by atoms with E-state index in [2.05, 4.69) is 64.9 Å². The van der Waals surface area contributed by atoms with Crippen LogP contribution in [0.15, 0.2) is 48.5 Å². The van der Waals surface area contributed by atoms with Gasteiger partial charge in [-0.3, -0.25) is 0 Å². The highest BCUT2D eigenvalue weighted by molar-refractivity contribution is 5.76. The molecule has 4 rings (SSSR count). The van der Waals surface area contributed by atoms with Crippen molar-refractivity contribution >= 4 is 11.0 Å². The molecule has 1 fully saturated rings. The second-order valence-electron chi connectivity index (χ2n) is 8.37. The van der Waals surface area contributed by atoms with E-state index in [4.69, 9.17) is 14.5 Å². The molecule has 2 aromatic carbocycles. The summed E-state index contributed by atoms with van der Waals surface area (Å²) in [6, 6.07) is 17.0. The summed E-state index contributed by atoms with van der Waals surface area (Å²) < 4.78 is 13.3. The Morgan fingerprint density at radius 1 is 1.00 bits per heavy atom. The minimum atomic E-state index is 0.539. The van der Waals surface area contributed by atoms with Gasteiger partial charge in [0.15, 0.2) is 0 Å². The molecule has 0 bridgehead atoms. The summed E-state index contributed by atoms with van der Waals surface area (Å²) in [7, 11) is 1.71. The van der Waals surface area contributed by atoms with E-state index in [1.807, 2.05) is 0 Å². The second kappa shape index (κ2) is 10.8. The van der Waals surface area contributed by atoms with Crippen molar-refractivity contribution in [2.75, 3.05) is 40.0 Å². The topological polar surface area (TPSA) is 39.5 Å². The highest BCUT2D eigenvalue weighted by atomic mass is 16.5. The number of rotatable bonds is 10. The van der Waals surface area contributed by atoms with Crippen LogP contribution in [0.1, 0.15) is 43.5 Å². The van der Waals surface area contributed by atoms with Crippen LogP contribution < -0.4 is 4.74 Å². The van der Waals surface area contributed by atoms with Gasteiger partial charge in [-0.25, -0.2) is 4.98 Å². The summed E-state index contributed by atoms with van der Waals surface area (Å²) in [5.74, 6) is 2.73. The fraction of sp³-hybridized carbons (Fsp3) is 0.500. The van der Waals surface area contributed by atoms with Crippen molar-refractivity contribution in [3.8, 4) is 5.75 Å². The van der Waals surface area contributed by atoms with Gasteiger partial charge in [-0.1, -0.05) is 24.3 Å². The number of hydrogen-bond acceptors (Lipinski definition) is 4. The van der Waals surface area contributed by atoms with Crippen molar-refractivity contribution < 1.29 is 9.47 Å². The van der Waals surface area contributed by atoms with Gasteiger partial charge in [0.05, 0.1) is 18.1 Å². The number of aromatic nitrogens is 2. The Kier molecular flexibility index (Phi) is 7.60. The SMILES string of the molecule is CCOCCCn1c(C2CCN(CCc3ccc(OC)cc3)CC2)nc2ccccc21. The summed E-state index contributed by atoms with van der Waals surface area (Å²) in [6.07, 6.45) is 4.47.